The van der Waals surface area contributed by atoms with E-state index in [4.69, 9.17) is 16.3 Å². The van der Waals surface area contributed by atoms with Gasteiger partial charge in [-0.15, -0.1) is 0 Å². The van der Waals surface area contributed by atoms with Crippen LogP contribution in [0.2, 0.25) is 5.02 Å². The van der Waals surface area contributed by atoms with Crippen molar-refractivity contribution < 1.29 is 19.4 Å². The zero-order chi connectivity index (χ0) is 16.1. The van der Waals surface area contributed by atoms with E-state index in [1.807, 2.05) is 0 Å². The molecule has 0 bridgehead atoms. The van der Waals surface area contributed by atoms with Gasteiger partial charge in [0.25, 0.3) is 5.91 Å². The van der Waals surface area contributed by atoms with E-state index in [1.54, 1.807) is 12.1 Å². The molecule has 0 unspecified atom stereocenters. The van der Waals surface area contributed by atoms with Crippen molar-refractivity contribution in [3.63, 3.8) is 0 Å². The first-order valence-electron chi connectivity index (χ1n) is 6.03. The number of ether oxygens (including phenoxy) is 1. The molecule has 2 aromatic rings. The fourth-order valence-corrected chi connectivity index (χ4v) is 1.98. The maximum atomic E-state index is 11.8. The van der Waals surface area contributed by atoms with Crippen LogP contribution in [0, 0.1) is 0 Å². The summed E-state index contributed by atoms with van der Waals surface area (Å²) in [5, 5.41) is 12.5. The van der Waals surface area contributed by atoms with Crippen molar-refractivity contribution in [3.8, 4) is 5.75 Å². The van der Waals surface area contributed by atoms with E-state index in [-0.39, 0.29) is 17.1 Å². The second-order valence-electron chi connectivity index (χ2n) is 4.15. The van der Waals surface area contributed by atoms with Crippen LogP contribution in [-0.4, -0.2) is 28.6 Å². The standard InChI is InChI=1S/C14H10BrClN2O4/c15-8-1-3-11(19)10(5-8)14(21)22-7-13(20)18-12-4-2-9(16)6-17-12/h1-6,19H,7H2,(H,17,18,20). The Kier molecular flexibility index (Phi) is 5.35. The molecule has 0 spiro atoms. The van der Waals surface area contributed by atoms with Gasteiger partial charge < -0.3 is 15.2 Å². The van der Waals surface area contributed by atoms with Gasteiger partial charge in [-0.2, -0.15) is 0 Å². The lowest BCUT2D eigenvalue weighted by atomic mass is 10.2. The van der Waals surface area contributed by atoms with Crippen molar-refractivity contribution in [2.45, 2.75) is 0 Å². The van der Waals surface area contributed by atoms with Crippen LogP contribution in [0.4, 0.5) is 5.82 Å². The van der Waals surface area contributed by atoms with Gasteiger partial charge in [-0.05, 0) is 30.3 Å². The molecule has 8 heteroatoms. The van der Waals surface area contributed by atoms with Crippen LogP contribution in [0.5, 0.6) is 5.75 Å². The molecule has 1 amide bonds. The average molecular weight is 386 g/mol. The number of hydrogen-bond donors (Lipinski definition) is 2. The average Bonchev–Trinajstić information content (AvgIpc) is 2.49. The third kappa shape index (κ3) is 4.44. The Hall–Kier alpha value is -2.12. The molecule has 1 heterocycles. The third-order valence-electron chi connectivity index (χ3n) is 2.51. The van der Waals surface area contributed by atoms with Crippen LogP contribution >= 0.6 is 27.5 Å². The molecule has 2 N–H and O–H groups in total. The fraction of sp³-hybridized carbons (Fsp3) is 0.0714. The number of hydrogen-bond acceptors (Lipinski definition) is 5. The second kappa shape index (κ2) is 7.24. The Morgan fingerprint density at radius 3 is 2.77 bits per heavy atom. The molecular weight excluding hydrogens is 376 g/mol. The molecule has 114 valence electrons. The van der Waals surface area contributed by atoms with Crippen LogP contribution < -0.4 is 5.32 Å². The van der Waals surface area contributed by atoms with Gasteiger partial charge >= 0.3 is 5.97 Å². The molecule has 0 aliphatic carbocycles. The van der Waals surface area contributed by atoms with Crippen molar-refractivity contribution >= 4 is 45.2 Å². The maximum absolute atomic E-state index is 11.8. The van der Waals surface area contributed by atoms with Gasteiger partial charge in [0.2, 0.25) is 0 Å². The number of phenols is 1. The largest absolute Gasteiger partial charge is 0.507 e. The van der Waals surface area contributed by atoms with Gasteiger partial charge in [0.15, 0.2) is 6.61 Å². The van der Waals surface area contributed by atoms with Crippen molar-refractivity contribution in [3.05, 3.63) is 51.6 Å². The van der Waals surface area contributed by atoms with E-state index in [1.165, 1.54) is 24.4 Å². The summed E-state index contributed by atoms with van der Waals surface area (Å²) in [4.78, 5) is 27.3. The number of nitrogens with zero attached hydrogens (tertiary/aromatic N) is 1. The molecule has 6 nitrogen and oxygen atoms in total. The smallest absolute Gasteiger partial charge is 0.342 e. The Morgan fingerprint density at radius 1 is 1.32 bits per heavy atom. The molecule has 0 fully saturated rings. The van der Waals surface area contributed by atoms with Crippen LogP contribution in [0.25, 0.3) is 0 Å². The molecule has 1 aromatic carbocycles. The number of carbonyl (C=O) groups is 2. The van der Waals surface area contributed by atoms with Gasteiger partial charge in [0.1, 0.15) is 17.1 Å². The van der Waals surface area contributed by atoms with Gasteiger partial charge in [-0.25, -0.2) is 9.78 Å². The fourth-order valence-electron chi connectivity index (χ4n) is 1.51. The molecule has 2 rings (SSSR count). The lowest BCUT2D eigenvalue weighted by Crippen LogP contribution is -2.21. The summed E-state index contributed by atoms with van der Waals surface area (Å²) in [5.41, 5.74) is -0.0354. The molecular formula is C14H10BrClN2O4. The van der Waals surface area contributed by atoms with Crippen LogP contribution in [0.1, 0.15) is 10.4 Å². The number of anilines is 1. The van der Waals surface area contributed by atoms with Gasteiger partial charge in [-0.3, -0.25) is 4.79 Å². The third-order valence-corrected chi connectivity index (χ3v) is 3.22. The summed E-state index contributed by atoms with van der Waals surface area (Å²) >= 11 is 8.85. The van der Waals surface area contributed by atoms with Gasteiger partial charge in [-0.1, -0.05) is 27.5 Å². The number of aromatic hydroxyl groups is 1. The molecule has 0 saturated heterocycles. The summed E-state index contributed by atoms with van der Waals surface area (Å²) in [5.74, 6) is -1.31. The number of amides is 1. The first-order valence-corrected chi connectivity index (χ1v) is 7.20. The lowest BCUT2D eigenvalue weighted by Gasteiger charge is -2.07. The van der Waals surface area contributed by atoms with E-state index < -0.39 is 18.5 Å². The maximum Gasteiger partial charge on any atom is 0.342 e. The van der Waals surface area contributed by atoms with Gasteiger partial charge in [0.05, 0.1) is 5.02 Å². The van der Waals surface area contributed by atoms with E-state index >= 15 is 0 Å². The summed E-state index contributed by atoms with van der Waals surface area (Å²) in [6.45, 7) is -0.505. The normalized spacial score (nSPS) is 10.1. The molecule has 22 heavy (non-hydrogen) atoms. The number of rotatable bonds is 4. The Balaban J connectivity index is 1.91. The number of phenolic OH excluding ortho intramolecular Hbond substituents is 1. The van der Waals surface area contributed by atoms with Crippen molar-refractivity contribution in [2.75, 3.05) is 11.9 Å². The first kappa shape index (κ1) is 16.3. The highest BCUT2D eigenvalue weighted by Gasteiger charge is 2.15. The van der Waals surface area contributed by atoms with E-state index in [2.05, 4.69) is 26.2 Å². The van der Waals surface area contributed by atoms with Crippen LogP contribution in [0.3, 0.4) is 0 Å². The number of halogens is 2. The highest BCUT2D eigenvalue weighted by Crippen LogP contribution is 2.22. The van der Waals surface area contributed by atoms with Gasteiger partial charge in [0, 0.05) is 10.7 Å². The van der Waals surface area contributed by atoms with Crippen LogP contribution in [0.15, 0.2) is 41.0 Å². The number of esters is 1. The lowest BCUT2D eigenvalue weighted by molar-refractivity contribution is -0.119. The molecule has 0 saturated carbocycles. The number of nitrogens with one attached hydrogen (secondary N) is 1. The Bertz CT molecular complexity index is 706. The highest BCUT2D eigenvalue weighted by molar-refractivity contribution is 9.10. The Labute approximate surface area is 139 Å². The zero-order valence-corrected chi connectivity index (χ0v) is 13.4. The quantitative estimate of drug-likeness (QED) is 0.790. The predicted octanol–water partition coefficient (Wildman–Crippen LogP) is 3.00. The molecule has 0 aliphatic rings. The SMILES string of the molecule is O=C(COC(=O)c1cc(Br)ccc1O)Nc1ccc(Cl)cn1. The molecule has 1 aromatic heterocycles. The summed E-state index contributed by atoms with van der Waals surface area (Å²) in [7, 11) is 0. The Morgan fingerprint density at radius 2 is 2.09 bits per heavy atom. The van der Waals surface area contributed by atoms with Crippen LogP contribution in [-0.2, 0) is 9.53 Å². The second-order valence-corrected chi connectivity index (χ2v) is 5.50. The molecule has 0 aliphatic heterocycles. The summed E-state index contributed by atoms with van der Waals surface area (Å²) in [6, 6.07) is 7.40. The van der Waals surface area contributed by atoms with Crippen molar-refractivity contribution in [1.29, 1.82) is 0 Å². The number of pyridine rings is 1. The summed E-state index contributed by atoms with van der Waals surface area (Å²) < 4.78 is 5.44. The topological polar surface area (TPSA) is 88.5 Å². The van der Waals surface area contributed by atoms with E-state index in [0.29, 0.717) is 9.50 Å². The van der Waals surface area contributed by atoms with Crippen molar-refractivity contribution in [2.24, 2.45) is 0 Å². The minimum Gasteiger partial charge on any atom is -0.507 e. The monoisotopic (exact) mass is 384 g/mol. The predicted molar refractivity (Wildman–Crippen MR) is 84.0 cm³/mol. The number of benzene rings is 1. The van der Waals surface area contributed by atoms with Crippen molar-refractivity contribution in [1.82, 2.24) is 4.98 Å². The minimum atomic E-state index is -0.807. The zero-order valence-electron chi connectivity index (χ0n) is 11.0. The number of aromatic nitrogens is 1. The summed E-state index contributed by atoms with van der Waals surface area (Å²) in [6.07, 6.45) is 1.38. The highest BCUT2D eigenvalue weighted by atomic mass is 79.9. The van der Waals surface area contributed by atoms with E-state index in [0.717, 1.165) is 0 Å². The van der Waals surface area contributed by atoms with E-state index in [9.17, 15) is 14.7 Å². The minimum absolute atomic E-state index is 0.0354. The first-order chi connectivity index (χ1) is 10.5. The molecule has 0 atom stereocenters. The molecule has 0 radical (unpaired) electrons. The number of carbonyl (C=O) groups excluding carboxylic acids is 2.